The lowest BCUT2D eigenvalue weighted by atomic mass is 9.79. The topological polar surface area (TPSA) is 111 Å². The molecule has 3 aliphatic heterocycles. The largest absolute Gasteiger partial charge is 0.508 e. The highest BCUT2D eigenvalue weighted by Gasteiger charge is 2.50. The zero-order valence-corrected chi connectivity index (χ0v) is 29.5. The zero-order valence-electron chi connectivity index (χ0n) is 29.5. The first kappa shape index (κ1) is 31.9. The highest BCUT2D eigenvalue weighted by Crippen LogP contribution is 2.50. The number of pyridine rings is 1. The van der Waals surface area contributed by atoms with Gasteiger partial charge in [-0.2, -0.15) is 10.4 Å². The number of fused-ring (bicyclic) bond motifs is 5. The third kappa shape index (κ3) is 4.93. The normalized spacial score (nSPS) is 19.7. The molecule has 4 fully saturated rings. The van der Waals surface area contributed by atoms with Gasteiger partial charge in [-0.25, -0.2) is 19.0 Å². The van der Waals surface area contributed by atoms with Crippen molar-refractivity contribution in [2.45, 2.75) is 37.4 Å². The first-order valence-corrected chi connectivity index (χ1v) is 18.3. The van der Waals surface area contributed by atoms with Crippen molar-refractivity contribution in [3.05, 3.63) is 96.4 Å². The lowest BCUT2D eigenvalue weighted by Gasteiger charge is -2.43. The zero-order chi connectivity index (χ0) is 36.0. The second-order valence-electron chi connectivity index (χ2n) is 14.9. The van der Waals surface area contributed by atoms with Crippen molar-refractivity contribution in [3.8, 4) is 40.2 Å². The molecule has 3 saturated heterocycles. The van der Waals surface area contributed by atoms with Crippen LogP contribution in [-0.2, 0) is 6.42 Å². The maximum absolute atomic E-state index is 17.8. The highest BCUT2D eigenvalue weighted by atomic mass is 19.1. The summed E-state index contributed by atoms with van der Waals surface area (Å²) in [5.74, 6) is 1.39. The quantitative estimate of drug-likeness (QED) is 0.177. The van der Waals surface area contributed by atoms with Gasteiger partial charge in [0.25, 0.3) is 0 Å². The number of benzene rings is 4. The minimum absolute atomic E-state index is 0.0504. The monoisotopic (exact) mass is 703 g/mol. The number of aromatic nitrogens is 5. The number of nitrogens with one attached hydrogen (secondary N) is 1. The molecule has 4 aromatic carbocycles. The van der Waals surface area contributed by atoms with Crippen LogP contribution in [-0.4, -0.2) is 80.1 Å². The number of phenolic OH excluding ortho intramolecular Hbond substituents is 1. The number of nitriles is 1. The van der Waals surface area contributed by atoms with E-state index in [0.29, 0.717) is 46.3 Å². The van der Waals surface area contributed by atoms with Gasteiger partial charge in [0.2, 0.25) is 0 Å². The van der Waals surface area contributed by atoms with Crippen molar-refractivity contribution >= 4 is 38.5 Å². The van der Waals surface area contributed by atoms with Gasteiger partial charge in [0, 0.05) is 55.3 Å². The SMILES string of the molecule is CN(C)C1CN(c2nc3c(F)c(-c4cc(O)cc5ccccc45)c(CCC#N)cc3c3c2nc(-c2ccn(-c4ccccc4)n2)n3C2C3CNC2C3)C1. The van der Waals surface area contributed by atoms with E-state index in [1.165, 1.54) is 0 Å². The molecule has 1 saturated carbocycles. The molecule has 3 atom stereocenters. The number of hydrogen-bond donors (Lipinski definition) is 2. The highest BCUT2D eigenvalue weighted by molar-refractivity contribution is 6.11. The number of para-hydroxylation sites is 1. The summed E-state index contributed by atoms with van der Waals surface area (Å²) in [6.45, 7) is 2.40. The molecule has 3 aromatic heterocycles. The molecule has 11 rings (SSSR count). The molecule has 53 heavy (non-hydrogen) atoms. The molecule has 2 bridgehead atoms. The Morgan fingerprint density at radius 1 is 0.981 bits per heavy atom. The Morgan fingerprint density at radius 3 is 2.55 bits per heavy atom. The number of anilines is 1. The van der Waals surface area contributed by atoms with Crippen molar-refractivity contribution in [3.63, 3.8) is 0 Å². The van der Waals surface area contributed by atoms with Crippen LogP contribution >= 0.6 is 0 Å². The van der Waals surface area contributed by atoms with E-state index in [0.717, 1.165) is 65.1 Å². The summed E-state index contributed by atoms with van der Waals surface area (Å²) in [4.78, 5) is 15.0. The first-order valence-electron chi connectivity index (χ1n) is 18.3. The van der Waals surface area contributed by atoms with Gasteiger partial charge in [0.1, 0.15) is 22.5 Å². The smallest absolute Gasteiger partial charge is 0.162 e. The Labute approximate surface area is 305 Å². The minimum Gasteiger partial charge on any atom is -0.508 e. The van der Waals surface area contributed by atoms with Gasteiger partial charge in [0.05, 0.1) is 23.3 Å². The van der Waals surface area contributed by atoms with Crippen molar-refractivity contribution in [1.82, 2.24) is 34.5 Å². The fraction of sp³-hybridized carbons (Fsp3) is 0.286. The molecule has 2 N–H and O–H groups in total. The third-order valence-electron chi connectivity index (χ3n) is 11.7. The van der Waals surface area contributed by atoms with Gasteiger partial charge in [-0.3, -0.25) is 0 Å². The number of aromatic hydroxyl groups is 1. The fourth-order valence-corrected chi connectivity index (χ4v) is 8.82. The predicted molar refractivity (Wildman–Crippen MR) is 205 cm³/mol. The molecular weight excluding hydrogens is 666 g/mol. The number of phenols is 1. The number of likely N-dealkylation sites (N-methyl/N-ethyl adjacent to an activating group) is 1. The number of rotatable bonds is 8. The number of hydrogen-bond acceptors (Lipinski definition) is 8. The third-order valence-corrected chi connectivity index (χ3v) is 11.7. The Hall–Kier alpha value is -5.83. The Bertz CT molecular complexity index is 2600. The van der Waals surface area contributed by atoms with Gasteiger partial charge in [0.15, 0.2) is 17.5 Å². The van der Waals surface area contributed by atoms with Crippen LogP contribution in [0.3, 0.4) is 0 Å². The predicted octanol–water partition coefficient (Wildman–Crippen LogP) is 6.84. The van der Waals surface area contributed by atoms with Crippen LogP contribution in [0.4, 0.5) is 10.2 Å². The molecular formula is C42H38FN9O. The summed E-state index contributed by atoms with van der Waals surface area (Å²) in [7, 11) is 4.16. The standard InChI is InChI=1S/C42H38FN9O/c1-49(2)28-22-50(23-28)42-38-40(52(39-26-19-34(39)45-21-26)41(47-38)33-14-16-51(48-33)27-11-4-3-5-12-27)32-18-25(10-8-15-44)35(36(43)37(32)46-42)31-20-29(53)17-24-9-6-7-13-30(24)31/h3-7,9,11-14,16-18,20,26,28,34,39,45,53H,8,10,19,21-23H2,1-2H3. The average molecular weight is 704 g/mol. The van der Waals surface area contributed by atoms with Gasteiger partial charge in [-0.1, -0.05) is 42.5 Å². The molecule has 264 valence electrons. The molecule has 10 nitrogen and oxygen atoms in total. The van der Waals surface area contributed by atoms with Crippen molar-refractivity contribution in [2.75, 3.05) is 38.6 Å². The number of imidazole rings is 1. The molecule has 6 heterocycles. The molecule has 1 aliphatic carbocycles. The minimum atomic E-state index is -0.462. The lowest BCUT2D eigenvalue weighted by molar-refractivity contribution is 0.227. The Kier molecular flexibility index (Phi) is 7.29. The number of halogens is 1. The Balaban J connectivity index is 1.29. The molecule has 3 unspecified atom stereocenters. The van der Waals surface area contributed by atoms with Gasteiger partial charge in [-0.15, -0.1) is 0 Å². The fourth-order valence-electron chi connectivity index (χ4n) is 8.82. The van der Waals surface area contributed by atoms with E-state index in [-0.39, 0.29) is 29.8 Å². The summed E-state index contributed by atoms with van der Waals surface area (Å²) in [5.41, 5.74) is 5.15. The van der Waals surface area contributed by atoms with Crippen LogP contribution in [0, 0.1) is 23.1 Å². The summed E-state index contributed by atoms with van der Waals surface area (Å²) in [5, 5.41) is 31.6. The van der Waals surface area contributed by atoms with E-state index < -0.39 is 5.82 Å². The molecule has 0 spiro atoms. The van der Waals surface area contributed by atoms with E-state index in [9.17, 15) is 10.4 Å². The van der Waals surface area contributed by atoms with Crippen LogP contribution in [0.15, 0.2) is 85.1 Å². The van der Waals surface area contributed by atoms with Gasteiger partial charge >= 0.3 is 0 Å². The summed E-state index contributed by atoms with van der Waals surface area (Å²) < 4.78 is 22.0. The van der Waals surface area contributed by atoms with Crippen LogP contribution in [0.2, 0.25) is 0 Å². The van der Waals surface area contributed by atoms with Gasteiger partial charge < -0.3 is 24.8 Å². The first-order chi connectivity index (χ1) is 25.9. The van der Waals surface area contributed by atoms with Crippen LogP contribution in [0.5, 0.6) is 5.75 Å². The summed E-state index contributed by atoms with van der Waals surface area (Å²) >= 11 is 0. The average Bonchev–Trinajstić information content (AvgIpc) is 3.95. The molecule has 4 aliphatic rings. The van der Waals surface area contributed by atoms with Crippen LogP contribution in [0.25, 0.3) is 61.0 Å². The maximum Gasteiger partial charge on any atom is 0.162 e. The second-order valence-corrected chi connectivity index (χ2v) is 14.9. The van der Waals surface area contributed by atoms with Crippen molar-refractivity contribution in [2.24, 2.45) is 5.92 Å². The molecule has 7 aromatic rings. The van der Waals surface area contributed by atoms with Gasteiger partial charge in [-0.05, 0) is 91.2 Å². The van der Waals surface area contributed by atoms with E-state index in [2.05, 4.69) is 39.8 Å². The van der Waals surface area contributed by atoms with Crippen LogP contribution in [0.1, 0.15) is 24.4 Å². The van der Waals surface area contributed by atoms with E-state index in [1.807, 2.05) is 77.6 Å². The molecule has 0 amide bonds. The van der Waals surface area contributed by atoms with Crippen LogP contribution < -0.4 is 10.2 Å². The lowest BCUT2D eigenvalue weighted by Crippen LogP contribution is -2.57. The second kappa shape index (κ2) is 12.1. The van der Waals surface area contributed by atoms with Crippen molar-refractivity contribution in [1.29, 1.82) is 5.26 Å². The Morgan fingerprint density at radius 2 is 1.79 bits per heavy atom. The summed E-state index contributed by atoms with van der Waals surface area (Å²) in [6, 6.07) is 28.0. The molecule has 0 radical (unpaired) electrons. The number of aryl methyl sites for hydroxylation is 1. The van der Waals surface area contributed by atoms with E-state index in [4.69, 9.17) is 15.1 Å². The molecule has 11 heteroatoms. The summed E-state index contributed by atoms with van der Waals surface area (Å²) in [6.07, 6.45) is 3.58. The van der Waals surface area contributed by atoms with Crippen molar-refractivity contribution < 1.29 is 9.50 Å². The van der Waals surface area contributed by atoms with E-state index in [1.54, 1.807) is 12.1 Å². The van der Waals surface area contributed by atoms with E-state index >= 15 is 4.39 Å². The number of nitrogens with zero attached hydrogens (tertiary/aromatic N) is 8. The maximum atomic E-state index is 17.8.